The van der Waals surface area contributed by atoms with Crippen molar-refractivity contribution < 1.29 is 0 Å². The second-order valence-electron chi connectivity index (χ2n) is 6.29. The van der Waals surface area contributed by atoms with Gasteiger partial charge in [-0.25, -0.2) is 0 Å². The Morgan fingerprint density at radius 2 is 1.90 bits per heavy atom. The van der Waals surface area contributed by atoms with Crippen LogP contribution < -0.4 is 5.32 Å². The van der Waals surface area contributed by atoms with Crippen molar-refractivity contribution in [2.45, 2.75) is 75.6 Å². The van der Waals surface area contributed by atoms with Gasteiger partial charge in [-0.2, -0.15) is 11.8 Å². The zero-order valence-corrected chi connectivity index (χ0v) is 14.5. The van der Waals surface area contributed by atoms with Crippen LogP contribution in [0.15, 0.2) is 30.3 Å². The van der Waals surface area contributed by atoms with E-state index in [9.17, 15) is 0 Å². The van der Waals surface area contributed by atoms with Gasteiger partial charge in [-0.05, 0) is 31.1 Å². The molecule has 1 aromatic rings. The lowest BCUT2D eigenvalue weighted by Gasteiger charge is -2.34. The summed E-state index contributed by atoms with van der Waals surface area (Å²) in [7, 11) is 0. The van der Waals surface area contributed by atoms with Crippen LogP contribution in [0, 0.1) is 0 Å². The van der Waals surface area contributed by atoms with Crippen LogP contribution in [0.5, 0.6) is 0 Å². The predicted molar refractivity (Wildman–Crippen MR) is 96.0 cm³/mol. The summed E-state index contributed by atoms with van der Waals surface area (Å²) >= 11 is 2.06. The molecule has 1 N–H and O–H groups in total. The van der Waals surface area contributed by atoms with Crippen LogP contribution in [0.4, 0.5) is 0 Å². The molecule has 2 heteroatoms. The van der Waals surface area contributed by atoms with E-state index in [1.807, 2.05) is 0 Å². The fraction of sp³-hybridized carbons (Fsp3) is 0.684. The van der Waals surface area contributed by atoms with Crippen molar-refractivity contribution in [3.63, 3.8) is 0 Å². The molecule has 1 aliphatic carbocycles. The topological polar surface area (TPSA) is 12.0 Å². The molecule has 1 aliphatic rings. The molecule has 0 bridgehead atoms. The molecule has 1 fully saturated rings. The van der Waals surface area contributed by atoms with Crippen LogP contribution in [0.1, 0.15) is 69.9 Å². The molecule has 3 atom stereocenters. The Hall–Kier alpha value is -0.470. The SMILES string of the molecule is CCCCCC(NC1CCCCC1SC)c1ccccc1. The number of nitrogens with one attached hydrogen (secondary N) is 1. The molecule has 21 heavy (non-hydrogen) atoms. The third kappa shape index (κ3) is 5.34. The first-order valence-electron chi connectivity index (χ1n) is 8.69. The van der Waals surface area contributed by atoms with E-state index >= 15 is 0 Å². The van der Waals surface area contributed by atoms with Gasteiger partial charge in [0.05, 0.1) is 0 Å². The average molecular weight is 306 g/mol. The Morgan fingerprint density at radius 3 is 2.62 bits per heavy atom. The summed E-state index contributed by atoms with van der Waals surface area (Å²) in [6.45, 7) is 2.29. The van der Waals surface area contributed by atoms with Crippen molar-refractivity contribution in [3.05, 3.63) is 35.9 Å². The highest BCUT2D eigenvalue weighted by Gasteiger charge is 2.26. The summed E-state index contributed by atoms with van der Waals surface area (Å²) in [6.07, 6.45) is 13.1. The van der Waals surface area contributed by atoms with Crippen molar-refractivity contribution in [2.75, 3.05) is 6.26 Å². The average Bonchev–Trinajstić information content (AvgIpc) is 2.55. The number of benzene rings is 1. The fourth-order valence-electron chi connectivity index (χ4n) is 3.46. The molecular weight excluding hydrogens is 274 g/mol. The standard InChI is InChI=1S/C19H31NS/c1-3-4-6-13-17(16-11-7-5-8-12-16)20-18-14-9-10-15-19(18)21-2/h5,7-8,11-12,17-20H,3-4,6,9-10,13-15H2,1-2H3. The predicted octanol–water partition coefficient (Wildman–Crippen LogP) is 5.57. The minimum Gasteiger partial charge on any atom is -0.306 e. The zero-order chi connectivity index (χ0) is 14.9. The summed E-state index contributed by atoms with van der Waals surface area (Å²) in [6, 6.07) is 12.3. The van der Waals surface area contributed by atoms with Crippen molar-refractivity contribution >= 4 is 11.8 Å². The van der Waals surface area contributed by atoms with E-state index in [1.54, 1.807) is 0 Å². The van der Waals surface area contributed by atoms with Crippen LogP contribution in [0.25, 0.3) is 0 Å². The van der Waals surface area contributed by atoms with Crippen LogP contribution in [0.3, 0.4) is 0 Å². The molecule has 3 unspecified atom stereocenters. The molecule has 118 valence electrons. The van der Waals surface area contributed by atoms with E-state index in [1.165, 1.54) is 56.9 Å². The highest BCUT2D eigenvalue weighted by Crippen LogP contribution is 2.30. The summed E-state index contributed by atoms with van der Waals surface area (Å²) in [4.78, 5) is 0. The lowest BCUT2D eigenvalue weighted by Crippen LogP contribution is -2.42. The van der Waals surface area contributed by atoms with E-state index in [0.717, 1.165) is 5.25 Å². The van der Waals surface area contributed by atoms with Gasteiger partial charge in [-0.15, -0.1) is 0 Å². The maximum atomic E-state index is 4.01. The first kappa shape index (κ1) is 16.9. The van der Waals surface area contributed by atoms with Crippen molar-refractivity contribution in [3.8, 4) is 0 Å². The number of hydrogen-bond donors (Lipinski definition) is 1. The van der Waals surface area contributed by atoms with E-state index < -0.39 is 0 Å². The minimum atomic E-state index is 0.537. The van der Waals surface area contributed by atoms with Gasteiger partial charge >= 0.3 is 0 Å². The van der Waals surface area contributed by atoms with Crippen LogP contribution in [0.2, 0.25) is 0 Å². The number of unbranched alkanes of at least 4 members (excludes halogenated alkanes) is 2. The monoisotopic (exact) mass is 305 g/mol. The summed E-state index contributed by atoms with van der Waals surface area (Å²) < 4.78 is 0. The first-order valence-corrected chi connectivity index (χ1v) is 9.97. The second-order valence-corrected chi connectivity index (χ2v) is 7.37. The molecule has 1 saturated carbocycles. The Kier molecular flexibility index (Phi) is 7.66. The van der Waals surface area contributed by atoms with Gasteiger partial charge in [0.15, 0.2) is 0 Å². The zero-order valence-electron chi connectivity index (χ0n) is 13.7. The lowest BCUT2D eigenvalue weighted by atomic mass is 9.92. The number of rotatable bonds is 8. The molecule has 0 amide bonds. The molecule has 0 saturated heterocycles. The summed E-state index contributed by atoms with van der Waals surface area (Å²) in [5, 5.41) is 4.81. The van der Waals surface area contributed by atoms with Crippen molar-refractivity contribution in [1.29, 1.82) is 0 Å². The molecule has 1 nitrogen and oxygen atoms in total. The van der Waals surface area contributed by atoms with E-state index in [2.05, 4.69) is 60.6 Å². The normalized spacial score (nSPS) is 23.9. The van der Waals surface area contributed by atoms with Gasteiger partial charge in [0.25, 0.3) is 0 Å². The minimum absolute atomic E-state index is 0.537. The van der Waals surface area contributed by atoms with E-state index in [4.69, 9.17) is 0 Å². The van der Waals surface area contributed by atoms with Crippen LogP contribution in [-0.2, 0) is 0 Å². The number of thioether (sulfide) groups is 1. The maximum Gasteiger partial charge on any atom is 0.0323 e. The van der Waals surface area contributed by atoms with E-state index in [-0.39, 0.29) is 0 Å². The van der Waals surface area contributed by atoms with Gasteiger partial charge in [-0.3, -0.25) is 0 Å². The Labute approximate surface area is 135 Å². The summed E-state index contributed by atoms with van der Waals surface area (Å²) in [5.74, 6) is 0. The Balaban J connectivity index is 2.00. The quantitative estimate of drug-likeness (QED) is 0.630. The van der Waals surface area contributed by atoms with Gasteiger partial charge in [0, 0.05) is 17.3 Å². The molecule has 0 spiro atoms. The van der Waals surface area contributed by atoms with E-state index in [0.29, 0.717) is 12.1 Å². The van der Waals surface area contributed by atoms with Gasteiger partial charge in [0.1, 0.15) is 0 Å². The fourth-order valence-corrected chi connectivity index (χ4v) is 4.40. The van der Waals surface area contributed by atoms with Gasteiger partial charge < -0.3 is 5.32 Å². The Bertz CT molecular complexity index is 378. The third-order valence-corrected chi connectivity index (χ3v) is 5.89. The molecule has 0 aromatic heterocycles. The van der Waals surface area contributed by atoms with Crippen molar-refractivity contribution in [1.82, 2.24) is 5.32 Å². The number of hydrogen-bond acceptors (Lipinski definition) is 2. The molecule has 0 radical (unpaired) electrons. The largest absolute Gasteiger partial charge is 0.306 e. The molecule has 1 aromatic carbocycles. The van der Waals surface area contributed by atoms with Crippen LogP contribution >= 0.6 is 11.8 Å². The lowest BCUT2D eigenvalue weighted by molar-refractivity contribution is 0.334. The second kappa shape index (κ2) is 9.53. The third-order valence-electron chi connectivity index (χ3n) is 4.72. The van der Waals surface area contributed by atoms with Crippen LogP contribution in [-0.4, -0.2) is 17.5 Å². The molecular formula is C19H31NS. The summed E-state index contributed by atoms with van der Waals surface area (Å²) in [5.41, 5.74) is 1.47. The molecule has 2 rings (SSSR count). The highest BCUT2D eigenvalue weighted by atomic mass is 32.2. The maximum absolute atomic E-state index is 4.01. The Morgan fingerprint density at radius 1 is 1.14 bits per heavy atom. The van der Waals surface area contributed by atoms with Gasteiger partial charge in [-0.1, -0.05) is 69.4 Å². The first-order chi connectivity index (χ1) is 10.3. The van der Waals surface area contributed by atoms with Crippen molar-refractivity contribution in [2.24, 2.45) is 0 Å². The highest BCUT2D eigenvalue weighted by molar-refractivity contribution is 7.99. The van der Waals surface area contributed by atoms with Gasteiger partial charge in [0.2, 0.25) is 0 Å². The molecule has 0 heterocycles. The smallest absolute Gasteiger partial charge is 0.0323 e. The molecule has 0 aliphatic heterocycles.